The molecule has 0 radical (unpaired) electrons. The van der Waals surface area contributed by atoms with E-state index in [4.69, 9.17) is 4.74 Å². The van der Waals surface area contributed by atoms with Gasteiger partial charge in [0.2, 0.25) is 0 Å². The molecule has 1 heterocycles. The summed E-state index contributed by atoms with van der Waals surface area (Å²) < 4.78 is 5.91. The number of Topliss-reactive ketones (excluding diaryl/α,β-unsaturated/α-hetero) is 1. The number of fused-ring (bicyclic) bond motifs is 10. The molecular weight excluding hydrogens is 374 g/mol. The van der Waals surface area contributed by atoms with Gasteiger partial charge in [0, 0.05) is 28.3 Å². The average Bonchev–Trinajstić information content (AvgIpc) is 3.27. The quantitative estimate of drug-likeness (QED) is 0.455. The fraction of sp³-hybridized carbons (Fsp3) is 0.269. The zero-order chi connectivity index (χ0) is 20.6. The van der Waals surface area contributed by atoms with E-state index < -0.39 is 0 Å². The smallest absolute Gasteiger partial charge is 0.164 e. The minimum absolute atomic E-state index is 0.132. The number of benzene rings is 3. The highest BCUT2D eigenvalue weighted by Crippen LogP contribution is 2.47. The van der Waals surface area contributed by atoms with Gasteiger partial charge in [-0.05, 0) is 91.3 Å². The molecule has 6 rings (SSSR count). The monoisotopic (exact) mass is 397 g/mol. The van der Waals surface area contributed by atoms with Gasteiger partial charge in [0.15, 0.2) is 5.78 Å². The van der Waals surface area contributed by atoms with Crippen molar-refractivity contribution in [3.63, 3.8) is 0 Å². The van der Waals surface area contributed by atoms with Crippen molar-refractivity contribution in [2.24, 2.45) is 0 Å². The summed E-state index contributed by atoms with van der Waals surface area (Å²) in [6, 6.07) is 11.7. The van der Waals surface area contributed by atoms with Crippen molar-refractivity contribution < 1.29 is 14.6 Å². The van der Waals surface area contributed by atoms with E-state index in [1.807, 2.05) is 32.0 Å². The van der Waals surface area contributed by atoms with Crippen LogP contribution < -0.4 is 4.74 Å². The fourth-order valence-electron chi connectivity index (χ4n) is 5.37. The summed E-state index contributed by atoms with van der Waals surface area (Å²) in [5, 5.41) is 12.2. The molecular formula is C26H23NO3. The maximum atomic E-state index is 13.0. The first-order valence-corrected chi connectivity index (χ1v) is 10.7. The number of aromatic nitrogens is 1. The van der Waals surface area contributed by atoms with Gasteiger partial charge in [0.1, 0.15) is 11.5 Å². The van der Waals surface area contributed by atoms with Crippen molar-refractivity contribution in [2.75, 3.05) is 0 Å². The Hall–Kier alpha value is -3.27. The van der Waals surface area contributed by atoms with E-state index in [0.29, 0.717) is 6.42 Å². The Labute approximate surface area is 174 Å². The van der Waals surface area contributed by atoms with E-state index in [2.05, 4.69) is 17.1 Å². The second-order valence-corrected chi connectivity index (χ2v) is 8.72. The Kier molecular flexibility index (Phi) is 3.58. The van der Waals surface area contributed by atoms with Gasteiger partial charge < -0.3 is 14.8 Å². The normalized spacial score (nSPS) is 15.0. The number of rotatable bonds is 2. The van der Waals surface area contributed by atoms with Gasteiger partial charge >= 0.3 is 0 Å². The van der Waals surface area contributed by atoms with E-state index >= 15 is 0 Å². The van der Waals surface area contributed by atoms with Crippen molar-refractivity contribution in [1.82, 2.24) is 4.98 Å². The molecule has 3 aromatic carbocycles. The Morgan fingerprint density at radius 2 is 1.80 bits per heavy atom. The first-order valence-electron chi connectivity index (χ1n) is 10.7. The number of aromatic amines is 1. The van der Waals surface area contributed by atoms with Gasteiger partial charge in [0.25, 0.3) is 0 Å². The number of carbonyl (C=O) groups is 1. The molecule has 0 bridgehead atoms. The van der Waals surface area contributed by atoms with Crippen molar-refractivity contribution in [3.05, 3.63) is 58.7 Å². The fourth-order valence-corrected chi connectivity index (χ4v) is 5.37. The summed E-state index contributed by atoms with van der Waals surface area (Å²) in [6.07, 6.45) is 3.23. The summed E-state index contributed by atoms with van der Waals surface area (Å²) >= 11 is 0. The molecule has 0 spiro atoms. The first kappa shape index (κ1) is 17.6. The summed E-state index contributed by atoms with van der Waals surface area (Å²) in [5.41, 5.74) is 8.86. The van der Waals surface area contributed by atoms with E-state index in [9.17, 15) is 9.90 Å². The van der Waals surface area contributed by atoms with Gasteiger partial charge in [-0.1, -0.05) is 6.07 Å². The topological polar surface area (TPSA) is 62.3 Å². The van der Waals surface area contributed by atoms with Crippen LogP contribution in [0.5, 0.6) is 11.5 Å². The number of hydrogen-bond donors (Lipinski definition) is 2. The van der Waals surface area contributed by atoms with E-state index in [1.165, 1.54) is 11.1 Å². The van der Waals surface area contributed by atoms with Crippen molar-refractivity contribution in [3.8, 4) is 22.6 Å². The highest BCUT2D eigenvalue weighted by molar-refractivity contribution is 6.19. The summed E-state index contributed by atoms with van der Waals surface area (Å²) in [7, 11) is 0. The number of ether oxygens (including phenoxy) is 1. The molecule has 0 saturated heterocycles. The number of H-pyrrole nitrogens is 1. The van der Waals surface area contributed by atoms with Gasteiger partial charge in [-0.25, -0.2) is 0 Å². The van der Waals surface area contributed by atoms with E-state index in [1.54, 1.807) is 6.07 Å². The largest absolute Gasteiger partial charge is 0.508 e. The number of hydrogen-bond acceptors (Lipinski definition) is 3. The van der Waals surface area contributed by atoms with Crippen LogP contribution in [0.25, 0.3) is 32.9 Å². The highest BCUT2D eigenvalue weighted by atomic mass is 16.5. The lowest BCUT2D eigenvalue weighted by atomic mass is 9.80. The molecule has 30 heavy (non-hydrogen) atoms. The Morgan fingerprint density at radius 3 is 2.63 bits per heavy atom. The summed E-state index contributed by atoms with van der Waals surface area (Å²) in [4.78, 5) is 16.6. The molecule has 0 saturated carbocycles. The lowest BCUT2D eigenvalue weighted by Crippen LogP contribution is -2.11. The van der Waals surface area contributed by atoms with Gasteiger partial charge in [0.05, 0.1) is 11.6 Å². The minimum atomic E-state index is 0.132. The SMILES string of the molecule is CC(C)Oc1ccc2c(c1)CCc1c-2c2c(c3c1[nH]c1ccc(O)cc13)CCC2=O. The van der Waals surface area contributed by atoms with Crippen LogP contribution >= 0.6 is 0 Å². The first-order chi connectivity index (χ1) is 14.5. The van der Waals surface area contributed by atoms with E-state index in [-0.39, 0.29) is 17.6 Å². The molecule has 0 fully saturated rings. The van der Waals surface area contributed by atoms with Crippen LogP contribution in [0.2, 0.25) is 0 Å². The number of phenolic OH excluding ortho intramolecular Hbond substituents is 1. The molecule has 2 aliphatic carbocycles. The molecule has 1 aromatic heterocycles. The third-order valence-electron chi connectivity index (χ3n) is 6.48. The molecule has 4 nitrogen and oxygen atoms in total. The number of ketones is 1. The molecule has 4 aromatic rings. The predicted molar refractivity (Wildman–Crippen MR) is 119 cm³/mol. The maximum Gasteiger partial charge on any atom is 0.164 e. The lowest BCUT2D eigenvalue weighted by Gasteiger charge is -2.24. The molecule has 0 atom stereocenters. The van der Waals surface area contributed by atoms with Crippen LogP contribution in [-0.2, 0) is 19.3 Å². The van der Waals surface area contributed by atoms with Gasteiger partial charge in [-0.15, -0.1) is 0 Å². The number of aryl methyl sites for hydroxylation is 3. The Balaban J connectivity index is 1.69. The van der Waals surface area contributed by atoms with Gasteiger partial charge in [-0.3, -0.25) is 4.79 Å². The van der Waals surface area contributed by atoms with Crippen molar-refractivity contribution in [1.29, 1.82) is 0 Å². The predicted octanol–water partition coefficient (Wildman–Crippen LogP) is 5.71. The van der Waals surface area contributed by atoms with Gasteiger partial charge in [-0.2, -0.15) is 0 Å². The Morgan fingerprint density at radius 1 is 0.967 bits per heavy atom. The molecule has 0 aliphatic heterocycles. The number of carbonyl (C=O) groups excluding carboxylic acids is 1. The second-order valence-electron chi connectivity index (χ2n) is 8.72. The molecule has 2 aliphatic rings. The van der Waals surface area contributed by atoms with Crippen LogP contribution in [0.4, 0.5) is 0 Å². The third kappa shape index (κ3) is 2.37. The summed E-state index contributed by atoms with van der Waals surface area (Å²) in [6.45, 7) is 4.06. The summed E-state index contributed by atoms with van der Waals surface area (Å²) in [5.74, 6) is 1.37. The molecule has 4 heteroatoms. The van der Waals surface area contributed by atoms with Crippen LogP contribution in [0.1, 0.15) is 47.3 Å². The number of nitrogens with one attached hydrogen (secondary N) is 1. The molecule has 150 valence electrons. The second kappa shape index (κ2) is 6.11. The van der Waals surface area contributed by atoms with Crippen LogP contribution in [0.3, 0.4) is 0 Å². The average molecular weight is 397 g/mol. The zero-order valence-corrected chi connectivity index (χ0v) is 17.1. The third-order valence-corrected chi connectivity index (χ3v) is 6.48. The minimum Gasteiger partial charge on any atom is -0.508 e. The molecule has 2 N–H and O–H groups in total. The highest BCUT2D eigenvalue weighted by Gasteiger charge is 2.33. The zero-order valence-electron chi connectivity index (χ0n) is 17.1. The maximum absolute atomic E-state index is 13.0. The molecule has 0 unspecified atom stereocenters. The van der Waals surface area contributed by atoms with E-state index in [0.717, 1.165) is 69.1 Å². The number of aromatic hydroxyl groups is 1. The van der Waals surface area contributed by atoms with Crippen molar-refractivity contribution >= 4 is 27.6 Å². The Bertz CT molecular complexity index is 1380. The lowest BCUT2D eigenvalue weighted by molar-refractivity contribution is 0.0995. The van der Waals surface area contributed by atoms with Crippen LogP contribution in [0, 0.1) is 0 Å². The van der Waals surface area contributed by atoms with Crippen molar-refractivity contribution in [2.45, 2.75) is 45.6 Å². The molecule has 0 amide bonds. The van der Waals surface area contributed by atoms with Crippen LogP contribution in [0.15, 0.2) is 36.4 Å². The van der Waals surface area contributed by atoms with Crippen LogP contribution in [-0.4, -0.2) is 22.0 Å². The standard InChI is InChI=1S/C26H23NO3/c1-13(2)30-16-5-7-17-14(11-16)3-6-19-23(17)25-18(8-10-22(25)29)24-20-12-15(28)4-9-21(20)27-26(19)24/h4-5,7,9,11-13,27-28H,3,6,8,10H2,1-2H3. The number of phenols is 1.